The molecule has 0 radical (unpaired) electrons. The van der Waals surface area contributed by atoms with E-state index in [0.29, 0.717) is 6.04 Å². The van der Waals surface area contributed by atoms with E-state index in [-0.39, 0.29) is 5.82 Å². The van der Waals surface area contributed by atoms with Crippen molar-refractivity contribution >= 4 is 0 Å². The van der Waals surface area contributed by atoms with E-state index in [1.54, 1.807) is 12.5 Å². The van der Waals surface area contributed by atoms with Gasteiger partial charge in [0, 0.05) is 12.7 Å². The lowest BCUT2D eigenvalue weighted by Crippen LogP contribution is -2.33. The molecule has 0 aliphatic carbocycles. The molecular weight excluding hydrogens is 253 g/mol. The number of nitrogens with zero attached hydrogens (tertiary/aromatic N) is 3. The summed E-state index contributed by atoms with van der Waals surface area (Å²) in [4.78, 5) is 10.8. The summed E-state index contributed by atoms with van der Waals surface area (Å²) in [6.45, 7) is 1.90. The maximum atomic E-state index is 13.0. The lowest BCUT2D eigenvalue weighted by molar-refractivity contribution is 0.137. The fourth-order valence-corrected chi connectivity index (χ4v) is 2.84. The van der Waals surface area contributed by atoms with Crippen LogP contribution in [0.3, 0.4) is 0 Å². The van der Waals surface area contributed by atoms with E-state index in [1.807, 2.05) is 18.2 Å². The second kappa shape index (κ2) is 6.09. The molecule has 3 rings (SSSR count). The maximum absolute atomic E-state index is 13.0. The van der Waals surface area contributed by atoms with Crippen molar-refractivity contribution in [2.75, 3.05) is 6.54 Å². The van der Waals surface area contributed by atoms with Gasteiger partial charge in [-0.15, -0.1) is 0 Å². The lowest BCUT2D eigenvalue weighted by atomic mass is 9.98. The zero-order valence-electron chi connectivity index (χ0n) is 11.4. The van der Waals surface area contributed by atoms with Crippen LogP contribution in [0.25, 0.3) is 0 Å². The number of likely N-dealkylation sites (tertiary alicyclic amines) is 1. The van der Waals surface area contributed by atoms with Gasteiger partial charge in [-0.3, -0.25) is 4.90 Å². The highest BCUT2D eigenvalue weighted by Crippen LogP contribution is 2.30. The third kappa shape index (κ3) is 3.02. The van der Waals surface area contributed by atoms with Gasteiger partial charge in [0.05, 0.1) is 11.7 Å². The fraction of sp³-hybridized carbons (Fsp3) is 0.375. The Kier molecular flexibility index (Phi) is 4.02. The van der Waals surface area contributed by atoms with Gasteiger partial charge in [-0.1, -0.05) is 18.6 Å². The first-order valence-corrected chi connectivity index (χ1v) is 7.07. The molecule has 1 atom stereocenters. The van der Waals surface area contributed by atoms with Crippen LogP contribution in [0, 0.1) is 5.82 Å². The number of halogens is 1. The van der Waals surface area contributed by atoms with Crippen molar-refractivity contribution in [1.82, 2.24) is 14.9 Å². The molecule has 3 nitrogen and oxygen atoms in total. The molecule has 0 bridgehead atoms. The van der Waals surface area contributed by atoms with Gasteiger partial charge < -0.3 is 0 Å². The van der Waals surface area contributed by atoms with Crippen molar-refractivity contribution < 1.29 is 4.39 Å². The summed E-state index contributed by atoms with van der Waals surface area (Å²) in [6, 6.07) is 9.12. The van der Waals surface area contributed by atoms with E-state index in [4.69, 9.17) is 0 Å². The second-order valence-corrected chi connectivity index (χ2v) is 5.24. The van der Waals surface area contributed by atoms with Gasteiger partial charge in [0.15, 0.2) is 0 Å². The summed E-state index contributed by atoms with van der Waals surface area (Å²) in [5.41, 5.74) is 2.23. The Labute approximate surface area is 118 Å². The highest BCUT2D eigenvalue weighted by atomic mass is 19.1. The van der Waals surface area contributed by atoms with E-state index in [0.717, 1.165) is 30.8 Å². The number of hydrogen-bond acceptors (Lipinski definition) is 3. The summed E-state index contributed by atoms with van der Waals surface area (Å²) < 4.78 is 13.0. The third-order valence-corrected chi connectivity index (χ3v) is 3.86. The van der Waals surface area contributed by atoms with E-state index in [2.05, 4.69) is 14.9 Å². The van der Waals surface area contributed by atoms with Gasteiger partial charge in [0.2, 0.25) is 0 Å². The van der Waals surface area contributed by atoms with Gasteiger partial charge >= 0.3 is 0 Å². The Morgan fingerprint density at radius 2 is 2.00 bits per heavy atom. The predicted molar refractivity (Wildman–Crippen MR) is 75.4 cm³/mol. The van der Waals surface area contributed by atoms with Crippen LogP contribution < -0.4 is 0 Å². The molecule has 4 heteroatoms. The maximum Gasteiger partial charge on any atom is 0.123 e. The molecule has 1 fully saturated rings. The van der Waals surface area contributed by atoms with Crippen LogP contribution in [0.1, 0.15) is 36.6 Å². The Morgan fingerprint density at radius 1 is 1.15 bits per heavy atom. The van der Waals surface area contributed by atoms with Crippen LogP contribution >= 0.6 is 0 Å². The average molecular weight is 271 g/mol. The van der Waals surface area contributed by atoms with E-state index in [1.165, 1.54) is 25.0 Å². The molecule has 0 amide bonds. The first kappa shape index (κ1) is 13.2. The standard InChI is InChI=1S/C16H18FN3/c17-14-6-4-13(5-7-14)11-20-10-2-1-3-16(20)15-8-9-18-12-19-15/h4-9,12,16H,1-3,10-11H2/t16-/m1/s1. The molecule has 0 saturated carbocycles. The zero-order valence-corrected chi connectivity index (χ0v) is 11.4. The van der Waals surface area contributed by atoms with Gasteiger partial charge in [-0.25, -0.2) is 14.4 Å². The molecule has 2 heterocycles. The normalized spacial score (nSPS) is 19.9. The van der Waals surface area contributed by atoms with Crippen molar-refractivity contribution in [1.29, 1.82) is 0 Å². The topological polar surface area (TPSA) is 29.0 Å². The summed E-state index contributed by atoms with van der Waals surface area (Å²) in [5, 5.41) is 0. The SMILES string of the molecule is Fc1ccc(CN2CCCC[C@@H]2c2ccncn2)cc1. The molecule has 20 heavy (non-hydrogen) atoms. The van der Waals surface area contributed by atoms with E-state index < -0.39 is 0 Å². The summed E-state index contributed by atoms with van der Waals surface area (Å²) in [7, 11) is 0. The number of piperidine rings is 1. The van der Waals surface area contributed by atoms with Crippen molar-refractivity contribution in [3.05, 3.63) is 59.9 Å². The predicted octanol–water partition coefficient (Wildman–Crippen LogP) is 3.34. The molecular formula is C16H18FN3. The monoisotopic (exact) mass is 271 g/mol. The minimum atomic E-state index is -0.181. The van der Waals surface area contributed by atoms with Gasteiger partial charge in [-0.2, -0.15) is 0 Å². The van der Waals surface area contributed by atoms with Crippen molar-refractivity contribution in [2.45, 2.75) is 31.8 Å². The van der Waals surface area contributed by atoms with E-state index >= 15 is 0 Å². The number of rotatable bonds is 3. The van der Waals surface area contributed by atoms with Gasteiger partial charge in [-0.05, 0) is 43.1 Å². The molecule has 0 unspecified atom stereocenters. The Balaban J connectivity index is 1.77. The van der Waals surface area contributed by atoms with Gasteiger partial charge in [0.25, 0.3) is 0 Å². The minimum Gasteiger partial charge on any atom is -0.291 e. The minimum absolute atomic E-state index is 0.181. The van der Waals surface area contributed by atoms with E-state index in [9.17, 15) is 4.39 Å². The Hall–Kier alpha value is -1.81. The quantitative estimate of drug-likeness (QED) is 0.857. The summed E-state index contributed by atoms with van der Waals surface area (Å²) in [6.07, 6.45) is 6.97. The molecule has 1 aliphatic rings. The molecule has 2 aromatic rings. The van der Waals surface area contributed by atoms with Crippen LogP contribution in [-0.4, -0.2) is 21.4 Å². The van der Waals surface area contributed by atoms with Crippen LogP contribution in [0.4, 0.5) is 4.39 Å². The molecule has 1 saturated heterocycles. The summed E-state index contributed by atoms with van der Waals surface area (Å²) >= 11 is 0. The Morgan fingerprint density at radius 3 is 2.75 bits per heavy atom. The van der Waals surface area contributed by atoms with Crippen LogP contribution in [-0.2, 0) is 6.54 Å². The highest BCUT2D eigenvalue weighted by Gasteiger charge is 2.24. The van der Waals surface area contributed by atoms with Gasteiger partial charge in [0.1, 0.15) is 12.1 Å². The fourth-order valence-electron chi connectivity index (χ4n) is 2.84. The largest absolute Gasteiger partial charge is 0.291 e. The average Bonchev–Trinajstić information content (AvgIpc) is 2.51. The summed E-state index contributed by atoms with van der Waals surface area (Å²) in [5.74, 6) is -0.181. The molecule has 0 N–H and O–H groups in total. The molecule has 0 spiro atoms. The zero-order chi connectivity index (χ0) is 13.8. The first-order valence-electron chi connectivity index (χ1n) is 7.07. The lowest BCUT2D eigenvalue weighted by Gasteiger charge is -2.35. The third-order valence-electron chi connectivity index (χ3n) is 3.86. The van der Waals surface area contributed by atoms with Crippen molar-refractivity contribution in [2.24, 2.45) is 0 Å². The van der Waals surface area contributed by atoms with Crippen molar-refractivity contribution in [3.8, 4) is 0 Å². The Bertz CT molecular complexity index is 541. The second-order valence-electron chi connectivity index (χ2n) is 5.24. The molecule has 104 valence electrons. The number of benzene rings is 1. The van der Waals surface area contributed by atoms with Crippen LogP contribution in [0.2, 0.25) is 0 Å². The smallest absolute Gasteiger partial charge is 0.123 e. The van der Waals surface area contributed by atoms with Crippen molar-refractivity contribution in [3.63, 3.8) is 0 Å². The number of aromatic nitrogens is 2. The molecule has 1 aliphatic heterocycles. The first-order chi connectivity index (χ1) is 9.83. The molecule has 1 aromatic carbocycles. The number of hydrogen-bond donors (Lipinski definition) is 0. The molecule has 1 aromatic heterocycles. The van der Waals surface area contributed by atoms with Crippen LogP contribution in [0.5, 0.6) is 0 Å². The highest BCUT2D eigenvalue weighted by molar-refractivity contribution is 5.17. The van der Waals surface area contributed by atoms with Crippen LogP contribution in [0.15, 0.2) is 42.9 Å².